The van der Waals surface area contributed by atoms with E-state index in [4.69, 9.17) is 11.6 Å². The zero-order chi connectivity index (χ0) is 19.8. The molecular formula is C20H21ClN2O4. The minimum absolute atomic E-state index is 0.0831. The minimum Gasteiger partial charge on any atom is -0.480 e. The van der Waals surface area contributed by atoms with Crippen LogP contribution in [-0.4, -0.2) is 35.0 Å². The summed E-state index contributed by atoms with van der Waals surface area (Å²) in [4.78, 5) is 35.7. The number of hydrogen-bond donors (Lipinski definition) is 3. The standard InChI is InChI=1S/C20H21ClN2O4/c1-13(24)22-17(11-14-6-3-2-4-7-14)19(25)23-18(20(26)27)12-15-8-5-9-16(21)10-15/h2-10,17-18H,11-12H2,1H3,(H,22,24)(H,23,25)(H,26,27)/t17-,18-/m1/s1. The van der Waals surface area contributed by atoms with Gasteiger partial charge < -0.3 is 15.7 Å². The number of hydrogen-bond acceptors (Lipinski definition) is 3. The molecule has 0 aromatic heterocycles. The van der Waals surface area contributed by atoms with Crippen molar-refractivity contribution < 1.29 is 19.5 Å². The Bertz CT molecular complexity index is 811. The second-order valence-electron chi connectivity index (χ2n) is 6.18. The zero-order valence-electron chi connectivity index (χ0n) is 14.8. The van der Waals surface area contributed by atoms with Crippen LogP contribution in [0.4, 0.5) is 0 Å². The molecule has 0 bridgehead atoms. The van der Waals surface area contributed by atoms with Crippen molar-refractivity contribution in [2.75, 3.05) is 0 Å². The summed E-state index contributed by atoms with van der Waals surface area (Å²) in [7, 11) is 0. The molecule has 0 spiro atoms. The minimum atomic E-state index is -1.16. The van der Waals surface area contributed by atoms with Gasteiger partial charge in [0.15, 0.2) is 0 Å². The van der Waals surface area contributed by atoms with E-state index in [0.29, 0.717) is 10.6 Å². The number of aliphatic carboxylic acids is 1. The monoisotopic (exact) mass is 388 g/mol. The molecule has 2 rings (SSSR count). The van der Waals surface area contributed by atoms with E-state index in [9.17, 15) is 19.5 Å². The Hall–Kier alpha value is -2.86. The molecule has 0 saturated heterocycles. The first-order valence-electron chi connectivity index (χ1n) is 8.44. The Kier molecular flexibility index (Phi) is 7.37. The lowest BCUT2D eigenvalue weighted by atomic mass is 10.0. The normalized spacial score (nSPS) is 12.7. The lowest BCUT2D eigenvalue weighted by Gasteiger charge is -2.21. The predicted molar refractivity (Wildman–Crippen MR) is 102 cm³/mol. The molecule has 0 radical (unpaired) electrons. The highest BCUT2D eigenvalue weighted by Gasteiger charge is 2.26. The van der Waals surface area contributed by atoms with Crippen molar-refractivity contribution in [1.82, 2.24) is 10.6 Å². The van der Waals surface area contributed by atoms with Crippen LogP contribution < -0.4 is 10.6 Å². The van der Waals surface area contributed by atoms with Crippen LogP contribution in [0.3, 0.4) is 0 Å². The summed E-state index contributed by atoms with van der Waals surface area (Å²) in [5.74, 6) is -2.08. The van der Waals surface area contributed by atoms with E-state index in [-0.39, 0.29) is 18.7 Å². The molecule has 2 aromatic carbocycles. The van der Waals surface area contributed by atoms with E-state index in [0.717, 1.165) is 5.56 Å². The molecule has 0 saturated carbocycles. The van der Waals surface area contributed by atoms with Crippen LogP contribution in [0.1, 0.15) is 18.1 Å². The van der Waals surface area contributed by atoms with Gasteiger partial charge in [0.2, 0.25) is 11.8 Å². The fourth-order valence-corrected chi connectivity index (χ4v) is 2.89. The van der Waals surface area contributed by atoms with Crippen LogP contribution in [0.25, 0.3) is 0 Å². The molecule has 0 aliphatic rings. The highest BCUT2D eigenvalue weighted by Crippen LogP contribution is 2.13. The van der Waals surface area contributed by atoms with Gasteiger partial charge in [0, 0.05) is 24.8 Å². The number of rotatable bonds is 8. The molecule has 7 heteroatoms. The van der Waals surface area contributed by atoms with Crippen molar-refractivity contribution in [3.63, 3.8) is 0 Å². The molecule has 0 unspecified atom stereocenters. The zero-order valence-corrected chi connectivity index (χ0v) is 15.6. The molecule has 2 amide bonds. The van der Waals surface area contributed by atoms with Crippen LogP contribution in [0.2, 0.25) is 5.02 Å². The first-order valence-corrected chi connectivity index (χ1v) is 8.81. The van der Waals surface area contributed by atoms with E-state index in [2.05, 4.69) is 10.6 Å². The van der Waals surface area contributed by atoms with Crippen LogP contribution >= 0.6 is 11.6 Å². The number of carbonyl (C=O) groups excluding carboxylic acids is 2. The average Bonchev–Trinajstić information content (AvgIpc) is 2.61. The number of halogens is 1. The van der Waals surface area contributed by atoms with Crippen molar-refractivity contribution in [3.05, 3.63) is 70.7 Å². The second kappa shape index (κ2) is 9.73. The Morgan fingerprint density at radius 1 is 0.926 bits per heavy atom. The van der Waals surface area contributed by atoms with Gasteiger partial charge in [-0.05, 0) is 23.3 Å². The number of benzene rings is 2. The first kappa shape index (κ1) is 20.5. The maximum absolute atomic E-state index is 12.6. The van der Waals surface area contributed by atoms with Crippen LogP contribution in [0, 0.1) is 0 Å². The number of carbonyl (C=O) groups is 3. The number of nitrogens with one attached hydrogen (secondary N) is 2. The molecular weight excluding hydrogens is 368 g/mol. The summed E-state index contributed by atoms with van der Waals surface area (Å²) in [6, 6.07) is 14.0. The SMILES string of the molecule is CC(=O)N[C@H](Cc1ccccc1)C(=O)N[C@H](Cc1cccc(Cl)c1)C(=O)O. The molecule has 0 fully saturated rings. The summed E-state index contributed by atoms with van der Waals surface area (Å²) in [5.41, 5.74) is 1.54. The maximum Gasteiger partial charge on any atom is 0.326 e. The fraction of sp³-hybridized carbons (Fsp3) is 0.250. The van der Waals surface area contributed by atoms with E-state index < -0.39 is 24.0 Å². The quantitative estimate of drug-likeness (QED) is 0.646. The van der Waals surface area contributed by atoms with Gasteiger partial charge in [0.05, 0.1) is 0 Å². The third-order valence-corrected chi connectivity index (χ3v) is 4.16. The Labute approximate surface area is 162 Å². The molecule has 2 atom stereocenters. The lowest BCUT2D eigenvalue weighted by Crippen LogP contribution is -2.52. The van der Waals surface area contributed by atoms with Gasteiger partial charge in [-0.2, -0.15) is 0 Å². The highest BCUT2D eigenvalue weighted by molar-refractivity contribution is 6.30. The van der Waals surface area contributed by atoms with Crippen molar-refractivity contribution in [2.45, 2.75) is 31.8 Å². The third kappa shape index (κ3) is 6.75. The summed E-state index contributed by atoms with van der Waals surface area (Å²) >= 11 is 5.93. The predicted octanol–water partition coefficient (Wildman–Crippen LogP) is 2.20. The van der Waals surface area contributed by atoms with Gasteiger partial charge in [-0.15, -0.1) is 0 Å². The van der Waals surface area contributed by atoms with Gasteiger partial charge in [0.25, 0.3) is 0 Å². The van der Waals surface area contributed by atoms with Gasteiger partial charge in [-0.3, -0.25) is 9.59 Å². The van der Waals surface area contributed by atoms with Crippen molar-refractivity contribution in [3.8, 4) is 0 Å². The largest absolute Gasteiger partial charge is 0.480 e. The molecule has 2 aromatic rings. The second-order valence-corrected chi connectivity index (χ2v) is 6.61. The topological polar surface area (TPSA) is 95.5 Å². The molecule has 0 heterocycles. The molecule has 27 heavy (non-hydrogen) atoms. The summed E-state index contributed by atoms with van der Waals surface area (Å²) in [5, 5.41) is 15.1. The number of carboxylic acids is 1. The lowest BCUT2D eigenvalue weighted by molar-refractivity contribution is -0.142. The first-order chi connectivity index (χ1) is 12.8. The smallest absolute Gasteiger partial charge is 0.326 e. The van der Waals surface area contributed by atoms with Gasteiger partial charge in [-0.25, -0.2) is 4.79 Å². The van der Waals surface area contributed by atoms with Gasteiger partial charge >= 0.3 is 5.97 Å². The van der Waals surface area contributed by atoms with Crippen molar-refractivity contribution in [1.29, 1.82) is 0 Å². The molecule has 6 nitrogen and oxygen atoms in total. The van der Waals surface area contributed by atoms with E-state index in [1.807, 2.05) is 30.3 Å². The third-order valence-electron chi connectivity index (χ3n) is 3.92. The fourth-order valence-electron chi connectivity index (χ4n) is 2.68. The maximum atomic E-state index is 12.6. The summed E-state index contributed by atoms with van der Waals surface area (Å²) in [6.45, 7) is 1.31. The van der Waals surface area contributed by atoms with Crippen LogP contribution in [-0.2, 0) is 27.2 Å². The van der Waals surface area contributed by atoms with Crippen LogP contribution in [0.15, 0.2) is 54.6 Å². The van der Waals surface area contributed by atoms with Crippen molar-refractivity contribution in [2.24, 2.45) is 0 Å². The Morgan fingerprint density at radius 2 is 1.56 bits per heavy atom. The summed E-state index contributed by atoms with van der Waals surface area (Å²) in [6.07, 6.45) is 0.343. The van der Waals surface area contributed by atoms with E-state index >= 15 is 0 Å². The number of carboxylic acid groups (broad SMARTS) is 1. The van der Waals surface area contributed by atoms with Crippen LogP contribution in [0.5, 0.6) is 0 Å². The highest BCUT2D eigenvalue weighted by atomic mass is 35.5. The van der Waals surface area contributed by atoms with Crippen molar-refractivity contribution >= 4 is 29.4 Å². The molecule has 142 valence electrons. The van der Waals surface area contributed by atoms with Gasteiger partial charge in [0.1, 0.15) is 12.1 Å². The Morgan fingerprint density at radius 3 is 2.15 bits per heavy atom. The average molecular weight is 389 g/mol. The Balaban J connectivity index is 2.11. The number of amides is 2. The van der Waals surface area contributed by atoms with E-state index in [1.165, 1.54) is 6.92 Å². The molecule has 0 aliphatic heterocycles. The van der Waals surface area contributed by atoms with E-state index in [1.54, 1.807) is 24.3 Å². The molecule has 3 N–H and O–H groups in total. The van der Waals surface area contributed by atoms with Gasteiger partial charge in [-0.1, -0.05) is 54.1 Å². The summed E-state index contributed by atoms with van der Waals surface area (Å²) < 4.78 is 0. The molecule has 0 aliphatic carbocycles.